The average Bonchev–Trinajstić information content (AvgIpc) is 3.79. The van der Waals surface area contributed by atoms with E-state index in [4.69, 9.17) is 15.0 Å². The summed E-state index contributed by atoms with van der Waals surface area (Å²) in [4.78, 5) is 15.1. The Labute approximate surface area is 323 Å². The Bertz CT molecular complexity index is 3160. The molecular formula is C50H34N6. The molecule has 0 spiro atoms. The molecule has 10 aromatic rings. The topological polar surface area (TPSA) is 59.5 Å². The maximum Gasteiger partial charge on any atom is 0.159 e. The second-order valence-electron chi connectivity index (χ2n) is 14.1. The molecule has 4 heterocycles. The summed E-state index contributed by atoms with van der Waals surface area (Å²) >= 11 is 0. The van der Waals surface area contributed by atoms with Crippen molar-refractivity contribution in [2.75, 3.05) is 0 Å². The normalized spacial score (nSPS) is 14.2. The molecule has 56 heavy (non-hydrogen) atoms. The van der Waals surface area contributed by atoms with Gasteiger partial charge in [-0.05, 0) is 71.8 Å². The third kappa shape index (κ3) is 5.30. The molecule has 0 aliphatic carbocycles. The lowest BCUT2D eigenvalue weighted by Crippen LogP contribution is -2.33. The molecule has 1 aliphatic heterocycles. The predicted molar refractivity (Wildman–Crippen MR) is 230 cm³/mol. The van der Waals surface area contributed by atoms with Gasteiger partial charge in [-0.3, -0.25) is 4.57 Å². The molecule has 7 aromatic carbocycles. The highest BCUT2D eigenvalue weighted by Crippen LogP contribution is 2.38. The van der Waals surface area contributed by atoms with Gasteiger partial charge in [-0.15, -0.1) is 0 Å². The molecule has 6 nitrogen and oxygen atoms in total. The third-order valence-electron chi connectivity index (χ3n) is 10.8. The van der Waals surface area contributed by atoms with Crippen LogP contribution in [0.2, 0.25) is 0 Å². The summed E-state index contributed by atoms with van der Waals surface area (Å²) in [5, 5.41) is 8.45. The second-order valence-corrected chi connectivity index (χ2v) is 14.1. The minimum atomic E-state index is -0.359. The van der Waals surface area contributed by atoms with Crippen LogP contribution in [0.15, 0.2) is 204 Å². The Hall–Kier alpha value is -7.57. The van der Waals surface area contributed by atoms with Crippen molar-refractivity contribution in [3.63, 3.8) is 0 Å². The van der Waals surface area contributed by atoms with Gasteiger partial charge in [0.2, 0.25) is 0 Å². The number of nitrogens with zero attached hydrogens (tertiary/aromatic N) is 5. The van der Waals surface area contributed by atoms with Gasteiger partial charge in [0, 0.05) is 50.1 Å². The Balaban J connectivity index is 1.02. The summed E-state index contributed by atoms with van der Waals surface area (Å²) in [5.41, 5.74) is 11.1. The van der Waals surface area contributed by atoms with Gasteiger partial charge in [0.25, 0.3) is 0 Å². The van der Waals surface area contributed by atoms with Crippen LogP contribution in [0.5, 0.6) is 0 Å². The number of nitrogens with one attached hydrogen (secondary N) is 1. The lowest BCUT2D eigenvalue weighted by Gasteiger charge is -2.24. The van der Waals surface area contributed by atoms with E-state index in [0.717, 1.165) is 45.1 Å². The number of fused-ring (bicyclic) bond motifs is 6. The number of pyridine rings is 1. The summed E-state index contributed by atoms with van der Waals surface area (Å²) in [6.07, 6.45) is 1.52. The van der Waals surface area contributed by atoms with Gasteiger partial charge in [-0.25, -0.2) is 15.0 Å². The van der Waals surface area contributed by atoms with E-state index < -0.39 is 0 Å². The minimum absolute atomic E-state index is 0.359. The predicted octanol–water partition coefficient (Wildman–Crippen LogP) is 11.4. The number of amidine groups is 2. The zero-order valence-electron chi connectivity index (χ0n) is 30.3. The number of benzene rings is 7. The molecule has 0 radical (unpaired) electrons. The first-order valence-corrected chi connectivity index (χ1v) is 18.9. The maximum absolute atomic E-state index is 5.13. The first-order valence-electron chi connectivity index (χ1n) is 18.9. The second kappa shape index (κ2) is 13.1. The lowest BCUT2D eigenvalue weighted by molar-refractivity contribution is 0.672. The monoisotopic (exact) mass is 718 g/mol. The summed E-state index contributed by atoms with van der Waals surface area (Å²) in [7, 11) is 0. The highest BCUT2D eigenvalue weighted by atomic mass is 15.2. The smallest absolute Gasteiger partial charge is 0.159 e. The van der Waals surface area contributed by atoms with Crippen LogP contribution in [-0.4, -0.2) is 25.8 Å². The molecule has 11 rings (SSSR count). The summed E-state index contributed by atoms with van der Waals surface area (Å²) in [6.45, 7) is 0. The van der Waals surface area contributed by atoms with Gasteiger partial charge in [-0.2, -0.15) is 0 Å². The van der Waals surface area contributed by atoms with Crippen molar-refractivity contribution in [2.45, 2.75) is 6.17 Å². The number of hydrogen-bond donors (Lipinski definition) is 1. The first kappa shape index (κ1) is 31.9. The van der Waals surface area contributed by atoms with E-state index in [1.807, 2.05) is 48.7 Å². The minimum Gasteiger partial charge on any atom is -0.344 e. The molecule has 0 amide bonds. The Morgan fingerprint density at radius 1 is 0.429 bits per heavy atom. The molecule has 0 bridgehead atoms. The molecule has 0 saturated carbocycles. The lowest BCUT2D eigenvalue weighted by atomic mass is 10.0. The van der Waals surface area contributed by atoms with E-state index in [-0.39, 0.29) is 6.17 Å². The molecule has 1 N–H and O–H groups in total. The van der Waals surface area contributed by atoms with Crippen LogP contribution in [0.4, 0.5) is 0 Å². The third-order valence-corrected chi connectivity index (χ3v) is 10.8. The quantitative estimate of drug-likeness (QED) is 0.186. The largest absolute Gasteiger partial charge is 0.344 e. The van der Waals surface area contributed by atoms with E-state index in [0.29, 0.717) is 5.84 Å². The Kier molecular flexibility index (Phi) is 7.45. The fourth-order valence-corrected chi connectivity index (χ4v) is 8.21. The van der Waals surface area contributed by atoms with Gasteiger partial charge in [-0.1, -0.05) is 127 Å². The number of aromatic nitrogens is 3. The van der Waals surface area contributed by atoms with Gasteiger partial charge >= 0.3 is 0 Å². The molecule has 6 heteroatoms. The molecule has 264 valence electrons. The average molecular weight is 719 g/mol. The summed E-state index contributed by atoms with van der Waals surface area (Å²) in [6, 6.07) is 66.1. The summed E-state index contributed by atoms with van der Waals surface area (Å²) < 4.78 is 4.63. The molecule has 1 aliphatic rings. The van der Waals surface area contributed by atoms with Crippen LogP contribution in [-0.2, 0) is 0 Å². The number of para-hydroxylation sites is 3. The fourth-order valence-electron chi connectivity index (χ4n) is 8.21. The molecule has 0 fully saturated rings. The van der Waals surface area contributed by atoms with Crippen LogP contribution in [0, 0.1) is 0 Å². The van der Waals surface area contributed by atoms with Crippen molar-refractivity contribution >= 4 is 55.3 Å². The zero-order valence-corrected chi connectivity index (χ0v) is 30.3. The van der Waals surface area contributed by atoms with E-state index in [9.17, 15) is 0 Å². The molecule has 3 aromatic heterocycles. The standard InChI is InChI=1S/C50H34N6/c1-4-14-33(15-5-1)48-52-49(34-16-6-2-7-17-34)54-50(53-48)37-28-29-51-47(32-37)56-44-23-13-11-21-40(44)42-31-36(25-27-46(42)56)35-24-26-45-41(30-35)39-20-10-12-22-43(39)55(45)38-18-8-3-9-19-38/h1-32,50H,(H,52,53,54). The van der Waals surface area contributed by atoms with Crippen LogP contribution < -0.4 is 5.32 Å². The SMILES string of the molecule is c1ccc(C2=NC(c3ccnc(-n4c5ccccc5c5cc(-c6ccc7c(c6)c6ccccc6n7-c6ccccc6)ccc54)c3)NC(c3ccccc3)=N2)cc1. The highest BCUT2D eigenvalue weighted by molar-refractivity contribution is 6.14. The van der Waals surface area contributed by atoms with Gasteiger partial charge in [0.05, 0.1) is 22.1 Å². The van der Waals surface area contributed by atoms with Crippen molar-refractivity contribution in [2.24, 2.45) is 9.98 Å². The van der Waals surface area contributed by atoms with Crippen LogP contribution in [0.3, 0.4) is 0 Å². The van der Waals surface area contributed by atoms with Gasteiger partial charge in [0.15, 0.2) is 5.84 Å². The van der Waals surface area contributed by atoms with Crippen LogP contribution >= 0.6 is 0 Å². The summed E-state index contributed by atoms with van der Waals surface area (Å²) in [5.74, 6) is 2.31. The van der Waals surface area contributed by atoms with Crippen molar-refractivity contribution in [3.8, 4) is 22.6 Å². The van der Waals surface area contributed by atoms with E-state index in [1.54, 1.807) is 0 Å². The van der Waals surface area contributed by atoms with Crippen LogP contribution in [0.25, 0.3) is 66.2 Å². The van der Waals surface area contributed by atoms with E-state index >= 15 is 0 Å². The van der Waals surface area contributed by atoms with E-state index in [2.05, 4.69) is 160 Å². The van der Waals surface area contributed by atoms with Gasteiger partial charge < -0.3 is 9.88 Å². The number of rotatable bonds is 6. The number of hydrogen-bond acceptors (Lipinski definition) is 4. The highest BCUT2D eigenvalue weighted by Gasteiger charge is 2.23. The van der Waals surface area contributed by atoms with Crippen molar-refractivity contribution in [1.82, 2.24) is 19.4 Å². The number of aliphatic imine (C=N–C) groups is 2. The van der Waals surface area contributed by atoms with Crippen molar-refractivity contribution in [1.29, 1.82) is 0 Å². The zero-order chi connectivity index (χ0) is 37.0. The molecule has 1 atom stereocenters. The maximum atomic E-state index is 5.13. The van der Waals surface area contributed by atoms with Crippen molar-refractivity contribution in [3.05, 3.63) is 211 Å². The van der Waals surface area contributed by atoms with E-state index in [1.165, 1.54) is 43.7 Å². The van der Waals surface area contributed by atoms with Crippen LogP contribution in [0.1, 0.15) is 22.9 Å². The molecular weight excluding hydrogens is 685 g/mol. The first-order chi connectivity index (χ1) is 27.8. The molecule has 1 unspecified atom stereocenters. The Morgan fingerprint density at radius 2 is 0.964 bits per heavy atom. The van der Waals surface area contributed by atoms with Gasteiger partial charge in [0.1, 0.15) is 17.8 Å². The molecule has 0 saturated heterocycles. The Morgan fingerprint density at radius 3 is 1.62 bits per heavy atom. The van der Waals surface area contributed by atoms with Crippen molar-refractivity contribution < 1.29 is 0 Å². The fraction of sp³-hybridized carbons (Fsp3) is 0.0200.